The molecule has 0 atom stereocenters. The second-order valence-corrected chi connectivity index (χ2v) is 7.13. The van der Waals surface area contributed by atoms with Gasteiger partial charge in [-0.1, -0.05) is 29.8 Å². The summed E-state index contributed by atoms with van der Waals surface area (Å²) in [5.74, 6) is -0.452. The van der Waals surface area contributed by atoms with Gasteiger partial charge in [-0.15, -0.1) is 0 Å². The molecule has 2 amide bonds. The molecule has 6 nitrogen and oxygen atoms in total. The van der Waals surface area contributed by atoms with E-state index in [2.05, 4.69) is 10.2 Å². The van der Waals surface area contributed by atoms with Crippen molar-refractivity contribution in [2.24, 2.45) is 0 Å². The molecule has 29 heavy (non-hydrogen) atoms. The first-order valence-corrected chi connectivity index (χ1v) is 9.74. The number of benzene rings is 2. The average molecular weight is 393 g/mol. The molecule has 1 N–H and O–H groups in total. The lowest BCUT2D eigenvalue weighted by molar-refractivity contribution is -0.129. The number of morpholine rings is 1. The standard InChI is InChI=1S/C23H27N3O3/c1-18-3-5-19(6-4-18)7-12-23(28)25(2)17-22(27)24-20-8-10-21(11-9-20)26-13-15-29-16-14-26/h3-12H,13-17H2,1-2H3,(H,24,27)/b12-7+. The molecular weight excluding hydrogens is 366 g/mol. The molecule has 0 bridgehead atoms. The van der Waals surface area contributed by atoms with Gasteiger partial charge < -0.3 is 19.9 Å². The van der Waals surface area contributed by atoms with Crippen LogP contribution in [0.4, 0.5) is 11.4 Å². The summed E-state index contributed by atoms with van der Waals surface area (Å²) in [4.78, 5) is 28.1. The number of nitrogens with one attached hydrogen (secondary N) is 1. The predicted molar refractivity (Wildman–Crippen MR) is 116 cm³/mol. The molecule has 1 fully saturated rings. The van der Waals surface area contributed by atoms with Crippen LogP contribution in [0.1, 0.15) is 11.1 Å². The number of carbonyl (C=O) groups is 2. The second-order valence-electron chi connectivity index (χ2n) is 7.13. The number of amides is 2. The molecule has 0 radical (unpaired) electrons. The molecule has 0 saturated carbocycles. The van der Waals surface area contributed by atoms with Gasteiger partial charge in [0.25, 0.3) is 0 Å². The van der Waals surface area contributed by atoms with Crippen LogP contribution in [-0.4, -0.2) is 56.6 Å². The minimum Gasteiger partial charge on any atom is -0.378 e. The minimum atomic E-state index is -0.233. The molecule has 2 aromatic carbocycles. The van der Waals surface area contributed by atoms with E-state index in [1.54, 1.807) is 13.1 Å². The Labute approximate surface area is 171 Å². The highest BCUT2D eigenvalue weighted by atomic mass is 16.5. The van der Waals surface area contributed by atoms with Gasteiger partial charge in [0.1, 0.15) is 0 Å². The fourth-order valence-electron chi connectivity index (χ4n) is 3.04. The summed E-state index contributed by atoms with van der Waals surface area (Å²) in [6.07, 6.45) is 3.23. The van der Waals surface area contributed by atoms with Crippen molar-refractivity contribution in [2.75, 3.05) is 50.1 Å². The molecule has 1 saturated heterocycles. The number of carbonyl (C=O) groups excluding carboxylic acids is 2. The summed E-state index contributed by atoms with van der Waals surface area (Å²) >= 11 is 0. The Morgan fingerprint density at radius 3 is 2.38 bits per heavy atom. The number of likely N-dealkylation sites (N-methyl/N-ethyl adjacent to an activating group) is 1. The lowest BCUT2D eigenvalue weighted by Gasteiger charge is -2.28. The lowest BCUT2D eigenvalue weighted by atomic mass is 10.1. The van der Waals surface area contributed by atoms with Gasteiger partial charge in [0.05, 0.1) is 19.8 Å². The number of rotatable bonds is 6. The van der Waals surface area contributed by atoms with Crippen molar-refractivity contribution in [1.29, 1.82) is 0 Å². The number of aryl methyl sites for hydroxylation is 1. The molecular formula is C23H27N3O3. The van der Waals surface area contributed by atoms with Gasteiger partial charge in [0, 0.05) is 37.6 Å². The highest BCUT2D eigenvalue weighted by Crippen LogP contribution is 2.19. The van der Waals surface area contributed by atoms with Crippen LogP contribution in [0.3, 0.4) is 0 Å². The summed E-state index contributed by atoms with van der Waals surface area (Å²) in [5, 5.41) is 2.84. The van der Waals surface area contributed by atoms with E-state index in [1.807, 2.05) is 55.5 Å². The van der Waals surface area contributed by atoms with Crippen molar-refractivity contribution < 1.29 is 14.3 Å². The van der Waals surface area contributed by atoms with Crippen LogP contribution in [0.25, 0.3) is 6.08 Å². The third-order valence-corrected chi connectivity index (χ3v) is 4.78. The quantitative estimate of drug-likeness (QED) is 0.767. The first-order valence-electron chi connectivity index (χ1n) is 9.74. The monoisotopic (exact) mass is 393 g/mol. The Kier molecular flexibility index (Phi) is 7.03. The van der Waals surface area contributed by atoms with Crippen molar-refractivity contribution in [3.63, 3.8) is 0 Å². The van der Waals surface area contributed by atoms with Crippen molar-refractivity contribution in [2.45, 2.75) is 6.92 Å². The van der Waals surface area contributed by atoms with Crippen molar-refractivity contribution in [1.82, 2.24) is 4.90 Å². The van der Waals surface area contributed by atoms with Crippen LogP contribution in [0.15, 0.2) is 54.6 Å². The predicted octanol–water partition coefficient (Wildman–Crippen LogP) is 2.94. The van der Waals surface area contributed by atoms with Gasteiger partial charge >= 0.3 is 0 Å². The van der Waals surface area contributed by atoms with Crippen molar-refractivity contribution >= 4 is 29.3 Å². The Bertz CT molecular complexity index is 854. The van der Waals surface area contributed by atoms with Gasteiger partial charge in [-0.3, -0.25) is 9.59 Å². The number of anilines is 2. The topological polar surface area (TPSA) is 61.9 Å². The van der Waals surface area contributed by atoms with Crippen LogP contribution in [0.5, 0.6) is 0 Å². The van der Waals surface area contributed by atoms with E-state index in [0.717, 1.165) is 37.6 Å². The zero-order valence-corrected chi connectivity index (χ0v) is 16.9. The SMILES string of the molecule is Cc1ccc(/C=C/C(=O)N(C)CC(=O)Nc2ccc(N3CCOCC3)cc2)cc1. The molecule has 6 heteroatoms. The smallest absolute Gasteiger partial charge is 0.246 e. The Morgan fingerprint density at radius 1 is 1.07 bits per heavy atom. The van der Waals surface area contributed by atoms with Gasteiger partial charge in [0.2, 0.25) is 11.8 Å². The number of hydrogen-bond donors (Lipinski definition) is 1. The van der Waals surface area contributed by atoms with E-state index in [-0.39, 0.29) is 18.4 Å². The molecule has 1 aliphatic heterocycles. The first kappa shape index (κ1) is 20.6. The van der Waals surface area contributed by atoms with E-state index in [4.69, 9.17) is 4.74 Å². The molecule has 3 rings (SSSR count). The maximum Gasteiger partial charge on any atom is 0.246 e. The molecule has 0 spiro atoms. The fourth-order valence-corrected chi connectivity index (χ4v) is 3.04. The van der Waals surface area contributed by atoms with Crippen LogP contribution in [0, 0.1) is 6.92 Å². The van der Waals surface area contributed by atoms with Gasteiger partial charge in [0.15, 0.2) is 0 Å². The number of nitrogens with zero attached hydrogens (tertiary/aromatic N) is 2. The van der Waals surface area contributed by atoms with Gasteiger partial charge in [-0.25, -0.2) is 0 Å². The maximum atomic E-state index is 12.3. The lowest BCUT2D eigenvalue weighted by Crippen LogP contribution is -2.36. The normalized spacial score (nSPS) is 14.1. The molecule has 0 unspecified atom stereocenters. The Hall–Kier alpha value is -3.12. The zero-order valence-electron chi connectivity index (χ0n) is 16.9. The third-order valence-electron chi connectivity index (χ3n) is 4.78. The molecule has 1 heterocycles. The second kappa shape index (κ2) is 9.89. The van der Waals surface area contributed by atoms with E-state index in [9.17, 15) is 9.59 Å². The van der Waals surface area contributed by atoms with E-state index < -0.39 is 0 Å². The molecule has 1 aliphatic rings. The highest BCUT2D eigenvalue weighted by molar-refractivity contribution is 5.98. The largest absolute Gasteiger partial charge is 0.378 e. The number of ether oxygens (including phenoxy) is 1. The Balaban J connectivity index is 1.48. The van der Waals surface area contributed by atoms with Crippen LogP contribution in [-0.2, 0) is 14.3 Å². The number of hydrogen-bond acceptors (Lipinski definition) is 4. The summed E-state index contributed by atoms with van der Waals surface area (Å²) in [7, 11) is 1.61. The molecule has 0 aliphatic carbocycles. The molecule has 0 aromatic heterocycles. The van der Waals surface area contributed by atoms with E-state index in [1.165, 1.54) is 16.5 Å². The summed E-state index contributed by atoms with van der Waals surface area (Å²) in [6.45, 7) is 5.21. The summed E-state index contributed by atoms with van der Waals surface area (Å²) in [5.41, 5.74) is 3.94. The average Bonchev–Trinajstić information content (AvgIpc) is 2.74. The van der Waals surface area contributed by atoms with Crippen molar-refractivity contribution in [3.8, 4) is 0 Å². The van der Waals surface area contributed by atoms with Crippen molar-refractivity contribution in [3.05, 3.63) is 65.7 Å². The summed E-state index contributed by atoms with van der Waals surface area (Å²) in [6, 6.07) is 15.6. The Morgan fingerprint density at radius 2 is 1.72 bits per heavy atom. The van der Waals surface area contributed by atoms with Crippen LogP contribution >= 0.6 is 0 Å². The fraction of sp³-hybridized carbons (Fsp3) is 0.304. The van der Waals surface area contributed by atoms with Gasteiger partial charge in [-0.05, 0) is 42.8 Å². The minimum absolute atomic E-state index is 0.0116. The van der Waals surface area contributed by atoms with Gasteiger partial charge in [-0.2, -0.15) is 0 Å². The summed E-state index contributed by atoms with van der Waals surface area (Å²) < 4.78 is 5.37. The van der Waals surface area contributed by atoms with Crippen LogP contribution < -0.4 is 10.2 Å². The van der Waals surface area contributed by atoms with Crippen LogP contribution in [0.2, 0.25) is 0 Å². The zero-order chi connectivity index (χ0) is 20.6. The maximum absolute atomic E-state index is 12.3. The molecule has 152 valence electrons. The van der Waals surface area contributed by atoms with E-state index >= 15 is 0 Å². The highest BCUT2D eigenvalue weighted by Gasteiger charge is 2.13. The first-order chi connectivity index (χ1) is 14.0. The molecule has 2 aromatic rings. The van der Waals surface area contributed by atoms with E-state index in [0.29, 0.717) is 5.69 Å². The third kappa shape index (κ3) is 6.19.